The number of pyridine rings is 1. The van der Waals surface area contributed by atoms with E-state index in [0.717, 1.165) is 0 Å². The fraction of sp³-hybridized carbons (Fsp3) is 0.100. The van der Waals surface area contributed by atoms with E-state index in [1.807, 2.05) is 0 Å². The predicted octanol–water partition coefficient (Wildman–Crippen LogP) is 3.15. The quantitative estimate of drug-likeness (QED) is 0.616. The Bertz CT molecular complexity index is 1120. The number of amides is 1. The smallest absolute Gasteiger partial charge is 0.265 e. The van der Waals surface area contributed by atoms with Gasteiger partial charge in [0.15, 0.2) is 5.75 Å². The Morgan fingerprint density at radius 3 is 2.38 bits per heavy atom. The van der Waals surface area contributed by atoms with Crippen LogP contribution in [-0.4, -0.2) is 33.5 Å². The van der Waals surface area contributed by atoms with Crippen LogP contribution in [0.25, 0.3) is 0 Å². The normalized spacial score (nSPS) is 10.8. The molecule has 0 unspecified atom stereocenters. The van der Waals surface area contributed by atoms with Crippen molar-refractivity contribution in [1.29, 1.82) is 0 Å². The average molecular weight is 413 g/mol. The van der Waals surface area contributed by atoms with E-state index in [9.17, 15) is 13.2 Å². The molecule has 1 aromatic heterocycles. The summed E-state index contributed by atoms with van der Waals surface area (Å²) in [6.45, 7) is 0. The Balaban J connectivity index is 1.95. The number of hydrogen-bond donors (Lipinski definition) is 2. The number of carbonyl (C=O) groups is 1. The predicted molar refractivity (Wildman–Crippen MR) is 109 cm³/mol. The molecule has 2 N–H and O–H groups in total. The van der Waals surface area contributed by atoms with Gasteiger partial charge in [-0.1, -0.05) is 18.2 Å². The fourth-order valence-electron chi connectivity index (χ4n) is 2.66. The highest BCUT2D eigenvalue weighted by Gasteiger charge is 2.24. The molecule has 0 spiro atoms. The second-order valence-electron chi connectivity index (χ2n) is 5.84. The van der Waals surface area contributed by atoms with Gasteiger partial charge >= 0.3 is 0 Å². The van der Waals surface area contributed by atoms with Crippen molar-refractivity contribution >= 4 is 27.3 Å². The van der Waals surface area contributed by atoms with Gasteiger partial charge in [0.05, 0.1) is 31.2 Å². The number of anilines is 2. The molecule has 0 aliphatic rings. The van der Waals surface area contributed by atoms with Crippen molar-refractivity contribution in [3.05, 3.63) is 72.6 Å². The van der Waals surface area contributed by atoms with E-state index in [1.165, 1.54) is 32.5 Å². The number of aromatic nitrogens is 1. The van der Waals surface area contributed by atoms with E-state index in [2.05, 4.69) is 15.0 Å². The first-order valence-corrected chi connectivity index (χ1v) is 9.99. The lowest BCUT2D eigenvalue weighted by molar-refractivity contribution is 0.102. The van der Waals surface area contributed by atoms with Crippen LogP contribution < -0.4 is 19.5 Å². The third-order valence-corrected chi connectivity index (χ3v) is 5.38. The van der Waals surface area contributed by atoms with Crippen molar-refractivity contribution < 1.29 is 22.7 Å². The largest absolute Gasteiger partial charge is 0.495 e. The SMILES string of the molecule is COc1ccccc1NS(=O)(=O)c1cccc(NC(=O)c2cccnc2)c1OC. The second kappa shape index (κ2) is 8.61. The zero-order valence-corrected chi connectivity index (χ0v) is 16.6. The Hall–Kier alpha value is -3.59. The molecule has 0 aliphatic carbocycles. The molecule has 0 bridgehead atoms. The second-order valence-corrected chi connectivity index (χ2v) is 7.49. The van der Waals surface area contributed by atoms with Crippen LogP contribution in [0.1, 0.15) is 10.4 Å². The van der Waals surface area contributed by atoms with Crippen molar-refractivity contribution in [3.63, 3.8) is 0 Å². The van der Waals surface area contributed by atoms with Crippen molar-refractivity contribution in [2.75, 3.05) is 24.3 Å². The van der Waals surface area contributed by atoms with E-state index in [1.54, 1.807) is 48.7 Å². The molecule has 1 amide bonds. The lowest BCUT2D eigenvalue weighted by atomic mass is 10.2. The Morgan fingerprint density at radius 1 is 0.931 bits per heavy atom. The molecule has 9 heteroatoms. The molecule has 3 rings (SSSR count). The summed E-state index contributed by atoms with van der Waals surface area (Å²) in [5.41, 5.74) is 0.820. The first-order chi connectivity index (χ1) is 14.0. The molecule has 2 aromatic carbocycles. The minimum atomic E-state index is -4.03. The van der Waals surface area contributed by atoms with Crippen LogP contribution in [0, 0.1) is 0 Å². The molecule has 29 heavy (non-hydrogen) atoms. The van der Waals surface area contributed by atoms with Crippen molar-refractivity contribution in [3.8, 4) is 11.5 Å². The van der Waals surface area contributed by atoms with Gasteiger partial charge < -0.3 is 14.8 Å². The molecule has 8 nitrogen and oxygen atoms in total. The Kier molecular flexibility index (Phi) is 5.99. The van der Waals surface area contributed by atoms with Gasteiger partial charge in [-0.3, -0.25) is 14.5 Å². The Morgan fingerprint density at radius 2 is 1.69 bits per heavy atom. The van der Waals surface area contributed by atoms with Crippen LogP contribution in [0.4, 0.5) is 11.4 Å². The van der Waals surface area contributed by atoms with Gasteiger partial charge in [0.1, 0.15) is 10.6 Å². The van der Waals surface area contributed by atoms with Gasteiger partial charge in [0, 0.05) is 12.4 Å². The maximum Gasteiger partial charge on any atom is 0.265 e. The van der Waals surface area contributed by atoms with E-state index in [0.29, 0.717) is 11.3 Å². The van der Waals surface area contributed by atoms with E-state index in [4.69, 9.17) is 9.47 Å². The number of carbonyl (C=O) groups excluding carboxylic acids is 1. The molecular weight excluding hydrogens is 394 g/mol. The fourth-order valence-corrected chi connectivity index (χ4v) is 3.92. The van der Waals surface area contributed by atoms with Crippen LogP contribution in [0.3, 0.4) is 0 Å². The van der Waals surface area contributed by atoms with Gasteiger partial charge in [-0.25, -0.2) is 8.42 Å². The van der Waals surface area contributed by atoms with E-state index >= 15 is 0 Å². The van der Waals surface area contributed by atoms with Gasteiger partial charge in [-0.2, -0.15) is 0 Å². The molecular formula is C20H19N3O5S. The average Bonchev–Trinajstić information content (AvgIpc) is 2.74. The molecule has 0 radical (unpaired) electrons. The summed E-state index contributed by atoms with van der Waals surface area (Å²) in [5, 5.41) is 2.66. The summed E-state index contributed by atoms with van der Waals surface area (Å²) in [7, 11) is -1.25. The van der Waals surface area contributed by atoms with E-state index < -0.39 is 15.9 Å². The summed E-state index contributed by atoms with van der Waals surface area (Å²) in [4.78, 5) is 16.2. The highest BCUT2D eigenvalue weighted by atomic mass is 32.2. The maximum absolute atomic E-state index is 13.0. The van der Waals surface area contributed by atoms with Crippen LogP contribution >= 0.6 is 0 Å². The monoisotopic (exact) mass is 413 g/mol. The third kappa shape index (κ3) is 4.46. The van der Waals surface area contributed by atoms with Crippen LogP contribution in [0.15, 0.2) is 71.9 Å². The molecule has 3 aromatic rings. The molecule has 0 saturated heterocycles. The number of rotatable bonds is 7. The highest BCUT2D eigenvalue weighted by molar-refractivity contribution is 7.92. The van der Waals surface area contributed by atoms with Crippen molar-refractivity contribution in [1.82, 2.24) is 4.98 Å². The third-order valence-electron chi connectivity index (χ3n) is 4.00. The lowest BCUT2D eigenvalue weighted by Crippen LogP contribution is -2.17. The van der Waals surface area contributed by atoms with Gasteiger partial charge in [0.25, 0.3) is 15.9 Å². The van der Waals surface area contributed by atoms with Crippen LogP contribution in [0.5, 0.6) is 11.5 Å². The molecule has 0 aliphatic heterocycles. The summed E-state index contributed by atoms with van der Waals surface area (Å²) < 4.78 is 39.0. The van der Waals surface area contributed by atoms with Crippen LogP contribution in [0.2, 0.25) is 0 Å². The minimum Gasteiger partial charge on any atom is -0.495 e. The molecule has 1 heterocycles. The standard InChI is InChI=1S/C20H19N3O5S/c1-27-17-10-4-3-8-15(17)23-29(25,26)18-11-5-9-16(19(18)28-2)22-20(24)14-7-6-12-21-13-14/h3-13,23H,1-2H3,(H,22,24). The number of hydrogen-bond acceptors (Lipinski definition) is 6. The van der Waals surface area contributed by atoms with Gasteiger partial charge in [-0.05, 0) is 36.4 Å². The van der Waals surface area contributed by atoms with E-state index in [-0.39, 0.29) is 22.0 Å². The number of benzene rings is 2. The first kappa shape index (κ1) is 20.2. The molecule has 0 saturated carbocycles. The first-order valence-electron chi connectivity index (χ1n) is 8.50. The van der Waals surface area contributed by atoms with Gasteiger partial charge in [0.2, 0.25) is 0 Å². The number of methoxy groups -OCH3 is 2. The summed E-state index contributed by atoms with van der Waals surface area (Å²) in [6.07, 6.45) is 2.96. The number of ether oxygens (including phenoxy) is 2. The van der Waals surface area contributed by atoms with Crippen molar-refractivity contribution in [2.45, 2.75) is 4.90 Å². The molecule has 0 fully saturated rings. The van der Waals surface area contributed by atoms with Gasteiger partial charge in [-0.15, -0.1) is 0 Å². The van der Waals surface area contributed by atoms with Crippen molar-refractivity contribution in [2.24, 2.45) is 0 Å². The summed E-state index contributed by atoms with van der Waals surface area (Å²) >= 11 is 0. The highest BCUT2D eigenvalue weighted by Crippen LogP contribution is 2.35. The topological polar surface area (TPSA) is 107 Å². The molecule has 150 valence electrons. The molecule has 0 atom stereocenters. The number of sulfonamides is 1. The minimum absolute atomic E-state index is 0.00661. The summed E-state index contributed by atoms with van der Waals surface area (Å²) in [6, 6.07) is 14.3. The zero-order valence-electron chi connectivity index (χ0n) is 15.7. The lowest BCUT2D eigenvalue weighted by Gasteiger charge is -2.16. The maximum atomic E-state index is 13.0. The zero-order chi connectivity index (χ0) is 20.9. The summed E-state index contributed by atoms with van der Waals surface area (Å²) in [5.74, 6) is -0.0631. The Labute approximate surface area is 168 Å². The number of para-hydroxylation sites is 3. The number of nitrogens with zero attached hydrogens (tertiary/aromatic N) is 1. The number of nitrogens with one attached hydrogen (secondary N) is 2. The van der Waals surface area contributed by atoms with Crippen LogP contribution in [-0.2, 0) is 10.0 Å².